The molecule has 0 atom stereocenters. The van der Waals surface area contributed by atoms with Crippen LogP contribution >= 0.6 is 22.6 Å². The van der Waals surface area contributed by atoms with Crippen molar-refractivity contribution in [3.05, 3.63) is 27.3 Å². The second-order valence-corrected chi connectivity index (χ2v) is 6.38. The van der Waals surface area contributed by atoms with E-state index >= 15 is 0 Å². The molecule has 2 nitrogen and oxygen atoms in total. The summed E-state index contributed by atoms with van der Waals surface area (Å²) >= 11 is 2.23. The van der Waals surface area contributed by atoms with Gasteiger partial charge in [0.25, 0.3) is 0 Å². The van der Waals surface area contributed by atoms with Crippen LogP contribution in [0.25, 0.3) is 0 Å². The first-order valence-electron chi connectivity index (χ1n) is 7.55. The molecule has 3 heteroatoms. The Hall–Kier alpha value is -0.580. The summed E-state index contributed by atoms with van der Waals surface area (Å²) in [6, 6.07) is 5.76. The average molecular weight is 388 g/mol. The third kappa shape index (κ3) is 6.25. The molecule has 0 N–H and O–H groups in total. The molecule has 0 unspecified atom stereocenters. The third-order valence-electron chi connectivity index (χ3n) is 3.47. The van der Waals surface area contributed by atoms with Gasteiger partial charge in [-0.05, 0) is 47.2 Å². The Labute approximate surface area is 136 Å². The molecule has 0 aliphatic carbocycles. The second kappa shape index (κ2) is 10.2. The quantitative estimate of drug-likeness (QED) is 0.295. The standard InChI is InChI=1S/C17H25IO2/c1-3-4-5-6-7-8-9-10-16(19)15-13-14(18)11-12-17(15)20-2/h11-13H,3-10H2,1-2H3. The molecule has 0 amide bonds. The lowest BCUT2D eigenvalue weighted by atomic mass is 10.0. The highest BCUT2D eigenvalue weighted by molar-refractivity contribution is 14.1. The van der Waals surface area contributed by atoms with Gasteiger partial charge >= 0.3 is 0 Å². The zero-order valence-electron chi connectivity index (χ0n) is 12.6. The maximum atomic E-state index is 12.2. The Morgan fingerprint density at radius 2 is 1.75 bits per heavy atom. The first-order chi connectivity index (χ1) is 9.69. The maximum absolute atomic E-state index is 12.2. The molecule has 0 spiro atoms. The van der Waals surface area contributed by atoms with Gasteiger partial charge in [0, 0.05) is 9.99 Å². The molecule has 0 fully saturated rings. The van der Waals surface area contributed by atoms with Crippen LogP contribution in [0.1, 0.15) is 68.6 Å². The van der Waals surface area contributed by atoms with Crippen molar-refractivity contribution in [2.24, 2.45) is 0 Å². The van der Waals surface area contributed by atoms with E-state index in [0.29, 0.717) is 12.2 Å². The number of Topliss-reactive ketones (excluding diaryl/α,β-unsaturated/α-hetero) is 1. The molecule has 0 saturated heterocycles. The zero-order chi connectivity index (χ0) is 14.8. The van der Waals surface area contributed by atoms with Crippen molar-refractivity contribution >= 4 is 28.4 Å². The summed E-state index contributed by atoms with van der Waals surface area (Å²) in [5.41, 5.74) is 0.727. The zero-order valence-corrected chi connectivity index (χ0v) is 14.7. The van der Waals surface area contributed by atoms with Crippen LogP contribution in [0.15, 0.2) is 18.2 Å². The molecule has 0 aliphatic rings. The summed E-state index contributed by atoms with van der Waals surface area (Å²) in [5.74, 6) is 0.896. The fraction of sp³-hybridized carbons (Fsp3) is 0.588. The van der Waals surface area contributed by atoms with Crippen LogP contribution in [0, 0.1) is 3.57 Å². The molecule has 0 heterocycles. The van der Waals surface area contributed by atoms with Crippen LogP contribution in [0.3, 0.4) is 0 Å². The first-order valence-corrected chi connectivity index (χ1v) is 8.63. The van der Waals surface area contributed by atoms with Crippen molar-refractivity contribution < 1.29 is 9.53 Å². The van der Waals surface area contributed by atoms with E-state index in [1.54, 1.807) is 7.11 Å². The first kappa shape index (κ1) is 17.5. The molecule has 0 aliphatic heterocycles. The summed E-state index contributed by atoms with van der Waals surface area (Å²) in [5, 5.41) is 0. The predicted molar refractivity (Wildman–Crippen MR) is 92.7 cm³/mol. The lowest BCUT2D eigenvalue weighted by Gasteiger charge is -2.08. The van der Waals surface area contributed by atoms with Crippen molar-refractivity contribution in [1.29, 1.82) is 0 Å². The van der Waals surface area contributed by atoms with E-state index in [-0.39, 0.29) is 5.78 Å². The molecule has 1 aromatic rings. The third-order valence-corrected chi connectivity index (χ3v) is 4.14. The SMILES string of the molecule is CCCCCCCCCC(=O)c1cc(I)ccc1OC. The molecule has 1 aromatic carbocycles. The number of halogens is 1. The molecule has 0 radical (unpaired) electrons. The molecule has 20 heavy (non-hydrogen) atoms. The minimum atomic E-state index is 0.203. The minimum Gasteiger partial charge on any atom is -0.496 e. The van der Waals surface area contributed by atoms with Crippen molar-refractivity contribution in [1.82, 2.24) is 0 Å². The predicted octanol–water partition coefficient (Wildman–Crippen LogP) is 5.62. The Bertz CT molecular complexity index is 415. The molecule has 1 rings (SSSR count). The summed E-state index contributed by atoms with van der Waals surface area (Å²) in [6.45, 7) is 2.23. The number of hydrogen-bond donors (Lipinski definition) is 0. The molecule has 0 aromatic heterocycles. The average Bonchev–Trinajstić information content (AvgIpc) is 2.46. The molecular weight excluding hydrogens is 363 g/mol. The van der Waals surface area contributed by atoms with Crippen molar-refractivity contribution in [2.45, 2.75) is 58.3 Å². The number of methoxy groups -OCH3 is 1. The summed E-state index contributed by atoms with van der Waals surface area (Å²) in [7, 11) is 1.62. The van der Waals surface area contributed by atoms with E-state index in [1.807, 2.05) is 18.2 Å². The van der Waals surface area contributed by atoms with Crippen LogP contribution in [0.4, 0.5) is 0 Å². The van der Waals surface area contributed by atoms with Crippen LogP contribution in [-0.4, -0.2) is 12.9 Å². The van der Waals surface area contributed by atoms with Gasteiger partial charge < -0.3 is 4.74 Å². The van der Waals surface area contributed by atoms with Gasteiger partial charge in [-0.3, -0.25) is 4.79 Å². The summed E-state index contributed by atoms with van der Waals surface area (Å²) < 4.78 is 6.34. The van der Waals surface area contributed by atoms with E-state index in [4.69, 9.17) is 4.74 Å². The molecule has 0 bridgehead atoms. The number of rotatable bonds is 10. The second-order valence-electron chi connectivity index (χ2n) is 5.14. The lowest BCUT2D eigenvalue weighted by molar-refractivity contribution is 0.0976. The Kier molecular flexibility index (Phi) is 8.90. The van der Waals surface area contributed by atoms with Crippen molar-refractivity contribution in [3.63, 3.8) is 0 Å². The van der Waals surface area contributed by atoms with Gasteiger partial charge in [0.15, 0.2) is 5.78 Å². The maximum Gasteiger partial charge on any atom is 0.166 e. The van der Waals surface area contributed by atoms with Gasteiger partial charge in [-0.2, -0.15) is 0 Å². The fourth-order valence-electron chi connectivity index (χ4n) is 2.28. The van der Waals surface area contributed by atoms with E-state index in [0.717, 1.165) is 22.0 Å². The van der Waals surface area contributed by atoms with E-state index in [1.165, 1.54) is 32.1 Å². The number of unbranched alkanes of at least 4 members (excludes halogenated alkanes) is 6. The van der Waals surface area contributed by atoms with Crippen LogP contribution in [0.2, 0.25) is 0 Å². The monoisotopic (exact) mass is 388 g/mol. The minimum absolute atomic E-state index is 0.203. The van der Waals surface area contributed by atoms with Gasteiger partial charge in [0.2, 0.25) is 0 Å². The molecule has 0 saturated carbocycles. The van der Waals surface area contributed by atoms with Gasteiger partial charge in [-0.25, -0.2) is 0 Å². The van der Waals surface area contributed by atoms with Crippen molar-refractivity contribution in [3.8, 4) is 5.75 Å². The topological polar surface area (TPSA) is 26.3 Å². The number of ether oxygens (including phenoxy) is 1. The summed E-state index contributed by atoms with van der Waals surface area (Å²) in [4.78, 5) is 12.2. The smallest absolute Gasteiger partial charge is 0.166 e. The normalized spacial score (nSPS) is 10.6. The van der Waals surface area contributed by atoms with E-state index < -0.39 is 0 Å². The van der Waals surface area contributed by atoms with E-state index in [9.17, 15) is 4.79 Å². The number of hydrogen-bond acceptors (Lipinski definition) is 2. The summed E-state index contributed by atoms with van der Waals surface area (Å²) in [6.07, 6.45) is 9.26. The highest BCUT2D eigenvalue weighted by atomic mass is 127. The molecular formula is C17H25IO2. The highest BCUT2D eigenvalue weighted by Gasteiger charge is 2.12. The number of carbonyl (C=O) groups excluding carboxylic acids is 1. The van der Waals surface area contributed by atoms with Crippen LogP contribution < -0.4 is 4.74 Å². The lowest BCUT2D eigenvalue weighted by Crippen LogP contribution is -2.02. The number of carbonyl (C=O) groups is 1. The number of benzene rings is 1. The Morgan fingerprint density at radius 3 is 2.40 bits per heavy atom. The Balaban J connectivity index is 2.34. The Morgan fingerprint density at radius 1 is 1.10 bits per heavy atom. The van der Waals surface area contributed by atoms with Crippen molar-refractivity contribution in [2.75, 3.05) is 7.11 Å². The van der Waals surface area contributed by atoms with Gasteiger partial charge in [-0.1, -0.05) is 45.4 Å². The van der Waals surface area contributed by atoms with Gasteiger partial charge in [0.1, 0.15) is 5.75 Å². The number of ketones is 1. The largest absolute Gasteiger partial charge is 0.496 e. The van der Waals surface area contributed by atoms with Crippen LogP contribution in [0.5, 0.6) is 5.75 Å². The van der Waals surface area contributed by atoms with E-state index in [2.05, 4.69) is 29.5 Å². The molecule has 112 valence electrons. The van der Waals surface area contributed by atoms with Gasteiger partial charge in [-0.15, -0.1) is 0 Å². The highest BCUT2D eigenvalue weighted by Crippen LogP contribution is 2.23. The fourth-order valence-corrected chi connectivity index (χ4v) is 2.77. The van der Waals surface area contributed by atoms with Crippen LogP contribution in [-0.2, 0) is 0 Å². The van der Waals surface area contributed by atoms with Gasteiger partial charge in [0.05, 0.1) is 12.7 Å².